The summed E-state index contributed by atoms with van der Waals surface area (Å²) in [5, 5.41) is 4.99. The molecular formula is C15H18N2OS. The fourth-order valence-electron chi connectivity index (χ4n) is 2.12. The van der Waals surface area contributed by atoms with E-state index in [-0.39, 0.29) is 11.9 Å². The van der Waals surface area contributed by atoms with Gasteiger partial charge in [-0.3, -0.25) is 9.78 Å². The van der Waals surface area contributed by atoms with Gasteiger partial charge in [0.15, 0.2) is 0 Å². The first-order valence-corrected chi connectivity index (χ1v) is 7.29. The average Bonchev–Trinajstić information content (AvgIpc) is 2.80. The third-order valence-corrected chi connectivity index (χ3v) is 4.21. The third kappa shape index (κ3) is 3.01. The van der Waals surface area contributed by atoms with Crippen molar-refractivity contribution in [3.63, 3.8) is 0 Å². The zero-order chi connectivity index (χ0) is 13.8. The SMILES string of the molecule is CCc1c(C(=O)NC(C)c2ccncc2)csc1C. The van der Waals surface area contributed by atoms with Gasteiger partial charge in [-0.05, 0) is 43.5 Å². The highest BCUT2D eigenvalue weighted by Crippen LogP contribution is 2.23. The summed E-state index contributed by atoms with van der Waals surface area (Å²) in [6, 6.07) is 3.83. The first-order valence-electron chi connectivity index (χ1n) is 6.41. The van der Waals surface area contributed by atoms with Gasteiger partial charge in [-0.1, -0.05) is 6.92 Å². The van der Waals surface area contributed by atoms with Crippen LogP contribution in [0.5, 0.6) is 0 Å². The van der Waals surface area contributed by atoms with Crippen LogP contribution < -0.4 is 5.32 Å². The lowest BCUT2D eigenvalue weighted by molar-refractivity contribution is 0.0939. The molecule has 0 radical (unpaired) electrons. The average molecular weight is 274 g/mol. The molecule has 2 aromatic rings. The molecule has 1 unspecified atom stereocenters. The Morgan fingerprint density at radius 2 is 2.11 bits per heavy atom. The molecule has 1 amide bonds. The lowest BCUT2D eigenvalue weighted by Crippen LogP contribution is -2.27. The van der Waals surface area contributed by atoms with E-state index in [1.807, 2.05) is 24.4 Å². The normalized spacial score (nSPS) is 12.2. The molecule has 1 N–H and O–H groups in total. The summed E-state index contributed by atoms with van der Waals surface area (Å²) in [6.07, 6.45) is 4.37. The van der Waals surface area contributed by atoms with Gasteiger partial charge in [0, 0.05) is 22.7 Å². The summed E-state index contributed by atoms with van der Waals surface area (Å²) in [4.78, 5) is 17.5. The Kier molecular flexibility index (Phi) is 4.32. The molecule has 0 aliphatic heterocycles. The largest absolute Gasteiger partial charge is 0.345 e. The standard InChI is InChI=1S/C15H18N2OS/c1-4-13-11(3)19-9-14(13)15(18)17-10(2)12-5-7-16-8-6-12/h5-10H,4H2,1-3H3,(H,17,18). The summed E-state index contributed by atoms with van der Waals surface area (Å²) < 4.78 is 0. The number of aromatic nitrogens is 1. The van der Waals surface area contributed by atoms with E-state index in [0.29, 0.717) is 0 Å². The van der Waals surface area contributed by atoms with E-state index in [2.05, 4.69) is 24.1 Å². The number of aryl methyl sites for hydroxylation is 1. The van der Waals surface area contributed by atoms with E-state index in [4.69, 9.17) is 0 Å². The number of nitrogens with one attached hydrogen (secondary N) is 1. The zero-order valence-electron chi connectivity index (χ0n) is 11.4. The minimum atomic E-state index is -0.0135. The summed E-state index contributed by atoms with van der Waals surface area (Å²) in [7, 11) is 0. The second kappa shape index (κ2) is 5.97. The molecule has 0 saturated heterocycles. The lowest BCUT2D eigenvalue weighted by atomic mass is 10.1. The number of pyridine rings is 1. The monoisotopic (exact) mass is 274 g/mol. The number of carbonyl (C=O) groups is 1. The summed E-state index contributed by atoms with van der Waals surface area (Å²) in [5.41, 5.74) is 3.03. The van der Waals surface area contributed by atoms with Crippen molar-refractivity contribution in [1.82, 2.24) is 10.3 Å². The summed E-state index contributed by atoms with van der Waals surface area (Å²) >= 11 is 1.64. The van der Waals surface area contributed by atoms with Crippen LogP contribution in [0, 0.1) is 6.92 Å². The predicted octanol–water partition coefficient (Wildman–Crippen LogP) is 3.50. The molecule has 0 aromatic carbocycles. The molecule has 2 aromatic heterocycles. The molecule has 4 heteroatoms. The minimum Gasteiger partial charge on any atom is -0.345 e. The maximum atomic E-state index is 12.3. The van der Waals surface area contributed by atoms with Gasteiger partial charge in [0.25, 0.3) is 5.91 Å². The van der Waals surface area contributed by atoms with Crippen LogP contribution in [-0.2, 0) is 6.42 Å². The van der Waals surface area contributed by atoms with Crippen LogP contribution in [0.25, 0.3) is 0 Å². The Morgan fingerprint density at radius 1 is 1.42 bits per heavy atom. The smallest absolute Gasteiger partial charge is 0.252 e. The van der Waals surface area contributed by atoms with E-state index in [0.717, 1.165) is 23.1 Å². The number of carbonyl (C=O) groups excluding carboxylic acids is 1. The fourth-order valence-corrected chi connectivity index (χ4v) is 3.06. The Hall–Kier alpha value is -1.68. The number of thiophene rings is 1. The van der Waals surface area contributed by atoms with Crippen LogP contribution in [-0.4, -0.2) is 10.9 Å². The third-order valence-electron chi connectivity index (χ3n) is 3.26. The van der Waals surface area contributed by atoms with Crippen molar-refractivity contribution in [2.45, 2.75) is 33.2 Å². The second-order valence-corrected chi connectivity index (χ2v) is 5.60. The molecule has 2 rings (SSSR count). The highest BCUT2D eigenvalue weighted by Gasteiger charge is 2.16. The van der Waals surface area contributed by atoms with E-state index >= 15 is 0 Å². The quantitative estimate of drug-likeness (QED) is 0.927. The van der Waals surface area contributed by atoms with Gasteiger partial charge >= 0.3 is 0 Å². The Balaban J connectivity index is 2.13. The van der Waals surface area contributed by atoms with Gasteiger partial charge in [0.05, 0.1) is 11.6 Å². The van der Waals surface area contributed by atoms with Crippen molar-refractivity contribution in [2.24, 2.45) is 0 Å². The Bertz CT molecular complexity index is 563. The van der Waals surface area contributed by atoms with Crippen LogP contribution in [0.1, 0.15) is 46.3 Å². The van der Waals surface area contributed by atoms with Crippen molar-refractivity contribution in [3.05, 3.63) is 51.5 Å². The summed E-state index contributed by atoms with van der Waals surface area (Å²) in [6.45, 7) is 6.13. The molecule has 0 fully saturated rings. The predicted molar refractivity (Wildman–Crippen MR) is 78.6 cm³/mol. The van der Waals surface area contributed by atoms with Crippen molar-refractivity contribution >= 4 is 17.2 Å². The van der Waals surface area contributed by atoms with Crippen molar-refractivity contribution in [1.29, 1.82) is 0 Å². The maximum absolute atomic E-state index is 12.3. The molecule has 3 nitrogen and oxygen atoms in total. The van der Waals surface area contributed by atoms with Crippen LogP contribution in [0.3, 0.4) is 0 Å². The Labute approximate surface area is 117 Å². The second-order valence-electron chi connectivity index (χ2n) is 4.51. The van der Waals surface area contributed by atoms with E-state index in [1.54, 1.807) is 23.7 Å². The molecule has 0 spiro atoms. The van der Waals surface area contributed by atoms with Gasteiger partial charge in [-0.15, -0.1) is 11.3 Å². The van der Waals surface area contributed by atoms with Gasteiger partial charge in [-0.2, -0.15) is 0 Å². The van der Waals surface area contributed by atoms with Gasteiger partial charge in [-0.25, -0.2) is 0 Å². The molecule has 0 aliphatic carbocycles. The first-order chi connectivity index (χ1) is 9.13. The molecule has 100 valence electrons. The van der Waals surface area contributed by atoms with E-state index < -0.39 is 0 Å². The van der Waals surface area contributed by atoms with Gasteiger partial charge in [0.1, 0.15) is 0 Å². The highest BCUT2D eigenvalue weighted by molar-refractivity contribution is 7.10. The topological polar surface area (TPSA) is 42.0 Å². The number of rotatable bonds is 4. The fraction of sp³-hybridized carbons (Fsp3) is 0.333. The van der Waals surface area contributed by atoms with Crippen molar-refractivity contribution in [3.8, 4) is 0 Å². The van der Waals surface area contributed by atoms with E-state index in [9.17, 15) is 4.79 Å². The molecule has 19 heavy (non-hydrogen) atoms. The minimum absolute atomic E-state index is 0.00510. The zero-order valence-corrected chi connectivity index (χ0v) is 12.3. The first kappa shape index (κ1) is 13.7. The van der Waals surface area contributed by atoms with E-state index in [1.165, 1.54) is 4.88 Å². The van der Waals surface area contributed by atoms with Crippen LogP contribution in [0.4, 0.5) is 0 Å². The van der Waals surface area contributed by atoms with Crippen LogP contribution >= 0.6 is 11.3 Å². The maximum Gasteiger partial charge on any atom is 0.252 e. The highest BCUT2D eigenvalue weighted by atomic mass is 32.1. The van der Waals surface area contributed by atoms with Crippen molar-refractivity contribution < 1.29 is 4.79 Å². The number of amides is 1. The number of hydrogen-bond donors (Lipinski definition) is 1. The van der Waals surface area contributed by atoms with Crippen molar-refractivity contribution in [2.75, 3.05) is 0 Å². The molecule has 0 aliphatic rings. The molecule has 0 bridgehead atoms. The van der Waals surface area contributed by atoms with Gasteiger partial charge in [0.2, 0.25) is 0 Å². The van der Waals surface area contributed by atoms with Gasteiger partial charge < -0.3 is 5.32 Å². The molecule has 0 saturated carbocycles. The number of nitrogens with zero attached hydrogens (tertiary/aromatic N) is 1. The molecule has 1 atom stereocenters. The Morgan fingerprint density at radius 3 is 2.74 bits per heavy atom. The number of hydrogen-bond acceptors (Lipinski definition) is 3. The van der Waals surface area contributed by atoms with Crippen LogP contribution in [0.2, 0.25) is 0 Å². The molecular weight excluding hydrogens is 256 g/mol. The lowest BCUT2D eigenvalue weighted by Gasteiger charge is -2.14. The van der Waals surface area contributed by atoms with Crippen LogP contribution in [0.15, 0.2) is 29.9 Å². The summed E-state index contributed by atoms with van der Waals surface area (Å²) in [5.74, 6) is 0.00510. The molecule has 2 heterocycles.